The van der Waals surface area contributed by atoms with E-state index in [0.717, 1.165) is 25.7 Å². The summed E-state index contributed by atoms with van der Waals surface area (Å²) >= 11 is 0. The number of rotatable bonds is 25. The van der Waals surface area contributed by atoms with Crippen LogP contribution in [0.1, 0.15) is 116 Å². The summed E-state index contributed by atoms with van der Waals surface area (Å²) in [6, 6.07) is 0. The minimum absolute atomic E-state index is 0. The molecule has 0 aromatic rings. The number of ether oxygens (including phenoxy) is 2. The monoisotopic (exact) mass is 589 g/mol. The Morgan fingerprint density at radius 1 is 0.667 bits per heavy atom. The molecule has 0 aliphatic carbocycles. The van der Waals surface area contributed by atoms with Gasteiger partial charge in [-0.25, -0.2) is 0 Å². The number of hydrogen-bond donors (Lipinski definition) is 3. The molecule has 13 heteroatoms. The molecule has 223 valence electrons. The molecule has 0 saturated carbocycles. The molecule has 1 atom stereocenters. The van der Waals surface area contributed by atoms with E-state index in [9.17, 15) is 32.1 Å². The van der Waals surface area contributed by atoms with Crippen molar-refractivity contribution in [2.24, 2.45) is 5.92 Å². The zero-order chi connectivity index (χ0) is 28.8. The van der Waals surface area contributed by atoms with Crippen molar-refractivity contribution in [3.05, 3.63) is 0 Å². The molecule has 0 aromatic heterocycles. The smallest absolute Gasteiger partial charge is 0.327 e. The van der Waals surface area contributed by atoms with Gasteiger partial charge in [-0.2, -0.15) is 8.42 Å². The van der Waals surface area contributed by atoms with Crippen molar-refractivity contribution in [2.75, 3.05) is 13.2 Å². The first-order chi connectivity index (χ1) is 18.0. The molecule has 0 amide bonds. The van der Waals surface area contributed by atoms with Crippen LogP contribution in [-0.2, 0) is 38.8 Å². The number of carboxylic acid groups (broad SMARTS) is 2. The van der Waals surface area contributed by atoms with Gasteiger partial charge in [0.25, 0.3) is 10.1 Å². The van der Waals surface area contributed by atoms with E-state index in [1.165, 1.54) is 70.6 Å². The first kappa shape index (κ1) is 39.9. The Morgan fingerprint density at radius 2 is 1.05 bits per heavy atom. The van der Waals surface area contributed by atoms with Gasteiger partial charge in [-0.05, 0) is 6.42 Å². The SMILES string of the molecule is CCCCCCCCCCCCCCCCCCOC(=O)CC(C(=O)OCC(C(=O)O)C(=O)O)S(=O)(=O)O.[Na]. The van der Waals surface area contributed by atoms with Crippen molar-refractivity contribution < 1.29 is 51.8 Å². The van der Waals surface area contributed by atoms with Crippen molar-refractivity contribution in [3.63, 3.8) is 0 Å². The molecule has 0 aliphatic heterocycles. The fraction of sp³-hybridized carbons (Fsp3) is 0.846. The van der Waals surface area contributed by atoms with E-state index in [0.29, 0.717) is 6.42 Å². The standard InChI is InChI=1S/C26H46O11S.Na/c1-2-3-4-5-6-7-8-9-10-11-12-13-14-15-16-17-18-36-23(27)19-22(38(33,34)35)26(32)37-20-21(24(28)29)25(30)31;/h21-22H,2-20H2,1H3,(H,28,29)(H,30,31)(H,33,34,35);. The maximum atomic E-state index is 12.0. The zero-order valence-corrected chi connectivity index (χ0v) is 26.4. The van der Waals surface area contributed by atoms with E-state index in [4.69, 9.17) is 14.9 Å². The number of carbonyl (C=O) groups is 4. The Kier molecular flexibility index (Phi) is 25.2. The van der Waals surface area contributed by atoms with Crippen molar-refractivity contribution >= 4 is 63.6 Å². The average Bonchev–Trinajstić information content (AvgIpc) is 2.83. The number of aliphatic carboxylic acids is 2. The van der Waals surface area contributed by atoms with Crippen LogP contribution in [-0.4, -0.2) is 95.1 Å². The average molecular weight is 590 g/mol. The molecular formula is C26H46NaO11S. The summed E-state index contributed by atoms with van der Waals surface area (Å²) in [6.45, 7) is 1.09. The first-order valence-corrected chi connectivity index (χ1v) is 15.2. The zero-order valence-electron chi connectivity index (χ0n) is 23.6. The molecular weight excluding hydrogens is 543 g/mol. The number of esters is 2. The maximum absolute atomic E-state index is 12.0. The Labute approximate surface area is 254 Å². The normalized spacial score (nSPS) is 12.0. The molecule has 0 rings (SSSR count). The van der Waals surface area contributed by atoms with Crippen molar-refractivity contribution in [2.45, 2.75) is 121 Å². The summed E-state index contributed by atoms with van der Waals surface area (Å²) in [5.74, 6) is -8.42. The van der Waals surface area contributed by atoms with Gasteiger partial charge in [0.15, 0.2) is 11.2 Å². The van der Waals surface area contributed by atoms with Crippen molar-refractivity contribution in [1.82, 2.24) is 0 Å². The topological polar surface area (TPSA) is 182 Å². The Hall–Kier alpha value is -1.21. The molecule has 3 N–H and O–H groups in total. The van der Waals surface area contributed by atoms with E-state index in [1.807, 2.05) is 0 Å². The second kappa shape index (κ2) is 24.6. The van der Waals surface area contributed by atoms with Crippen LogP contribution in [0.4, 0.5) is 0 Å². The van der Waals surface area contributed by atoms with E-state index in [2.05, 4.69) is 11.7 Å². The molecule has 0 aromatic carbocycles. The third-order valence-corrected chi connectivity index (χ3v) is 7.30. The fourth-order valence-corrected chi connectivity index (χ4v) is 4.52. The number of unbranched alkanes of at least 4 members (excludes halogenated alkanes) is 15. The second-order valence-corrected chi connectivity index (χ2v) is 11.2. The van der Waals surface area contributed by atoms with Gasteiger partial charge in [-0.15, -0.1) is 0 Å². The molecule has 0 bridgehead atoms. The van der Waals surface area contributed by atoms with Crippen LogP contribution in [0.15, 0.2) is 0 Å². The van der Waals surface area contributed by atoms with E-state index < -0.39 is 58.2 Å². The Balaban J connectivity index is 0. The summed E-state index contributed by atoms with van der Waals surface area (Å²) in [4.78, 5) is 45.5. The Bertz CT molecular complexity index is 788. The molecule has 0 fully saturated rings. The van der Waals surface area contributed by atoms with E-state index in [-0.39, 0.29) is 36.2 Å². The number of hydrogen-bond acceptors (Lipinski definition) is 8. The van der Waals surface area contributed by atoms with Crippen molar-refractivity contribution in [3.8, 4) is 0 Å². The summed E-state index contributed by atoms with van der Waals surface area (Å²) in [7, 11) is -5.08. The van der Waals surface area contributed by atoms with Gasteiger partial charge in [0, 0.05) is 29.6 Å². The van der Waals surface area contributed by atoms with Gasteiger partial charge < -0.3 is 19.7 Å². The molecule has 0 spiro atoms. The minimum atomic E-state index is -5.08. The van der Waals surface area contributed by atoms with Crippen LogP contribution in [0.2, 0.25) is 0 Å². The van der Waals surface area contributed by atoms with E-state index in [1.54, 1.807) is 0 Å². The minimum Gasteiger partial charge on any atom is -0.481 e. The molecule has 11 nitrogen and oxygen atoms in total. The van der Waals surface area contributed by atoms with Crippen LogP contribution in [0.3, 0.4) is 0 Å². The van der Waals surface area contributed by atoms with Crippen LogP contribution < -0.4 is 0 Å². The van der Waals surface area contributed by atoms with Crippen LogP contribution in [0.5, 0.6) is 0 Å². The summed E-state index contributed by atoms with van der Waals surface area (Å²) in [5.41, 5.74) is 0. The number of carbonyl (C=O) groups excluding carboxylic acids is 2. The molecule has 1 radical (unpaired) electrons. The molecule has 0 saturated heterocycles. The summed E-state index contributed by atoms with van der Waals surface area (Å²) in [6.07, 6.45) is 18.0. The Morgan fingerprint density at radius 3 is 1.41 bits per heavy atom. The van der Waals surface area contributed by atoms with Crippen LogP contribution in [0, 0.1) is 5.92 Å². The van der Waals surface area contributed by atoms with Gasteiger partial charge in [-0.1, -0.05) is 103 Å². The third kappa shape index (κ3) is 22.2. The summed E-state index contributed by atoms with van der Waals surface area (Å²) in [5, 5.41) is 15.2. The van der Waals surface area contributed by atoms with Crippen LogP contribution in [0.25, 0.3) is 0 Å². The van der Waals surface area contributed by atoms with E-state index >= 15 is 0 Å². The maximum Gasteiger partial charge on any atom is 0.327 e. The molecule has 1 unspecified atom stereocenters. The van der Waals surface area contributed by atoms with Gasteiger partial charge in [-0.3, -0.25) is 23.7 Å². The predicted octanol–water partition coefficient (Wildman–Crippen LogP) is 4.39. The first-order valence-electron chi connectivity index (χ1n) is 13.7. The second-order valence-electron chi connectivity index (χ2n) is 9.59. The molecule has 39 heavy (non-hydrogen) atoms. The largest absolute Gasteiger partial charge is 0.481 e. The van der Waals surface area contributed by atoms with Crippen LogP contribution >= 0.6 is 0 Å². The summed E-state index contributed by atoms with van der Waals surface area (Å²) < 4.78 is 41.5. The predicted molar refractivity (Wildman–Crippen MR) is 146 cm³/mol. The van der Waals surface area contributed by atoms with Gasteiger partial charge in [0.05, 0.1) is 13.0 Å². The van der Waals surface area contributed by atoms with Crippen molar-refractivity contribution in [1.29, 1.82) is 0 Å². The third-order valence-electron chi connectivity index (χ3n) is 6.22. The fourth-order valence-electron chi connectivity index (χ4n) is 3.86. The molecule has 0 aliphatic rings. The van der Waals surface area contributed by atoms with Gasteiger partial charge in [0.1, 0.15) is 6.61 Å². The van der Waals surface area contributed by atoms with Gasteiger partial charge >= 0.3 is 23.9 Å². The van der Waals surface area contributed by atoms with Gasteiger partial charge in [0.2, 0.25) is 0 Å². The number of carboxylic acids is 2. The quantitative estimate of drug-likeness (QED) is 0.0452. The molecule has 0 heterocycles.